The Kier molecular flexibility index (Phi) is 7.09. The fourth-order valence-corrected chi connectivity index (χ4v) is 4.11. The number of anilines is 2. The molecule has 1 saturated heterocycles. The van der Waals surface area contributed by atoms with Crippen LogP contribution in [0.3, 0.4) is 0 Å². The van der Waals surface area contributed by atoms with E-state index in [9.17, 15) is 9.18 Å². The summed E-state index contributed by atoms with van der Waals surface area (Å²) in [6.45, 7) is 2.51. The van der Waals surface area contributed by atoms with E-state index in [-0.39, 0.29) is 28.9 Å². The van der Waals surface area contributed by atoms with Crippen molar-refractivity contribution in [1.82, 2.24) is 9.97 Å². The molecule has 0 N–H and O–H groups in total. The van der Waals surface area contributed by atoms with Crippen LogP contribution in [0.2, 0.25) is 0 Å². The summed E-state index contributed by atoms with van der Waals surface area (Å²) >= 11 is 5.66. The SMILES string of the molecule is Cc1cc(N2C(=O)CCCN(c3ccc(OCCc4ccccn4)c(F)c3)C2=S)cnc1C#N. The first-order valence-electron chi connectivity index (χ1n) is 10.8. The van der Waals surface area contributed by atoms with Gasteiger partial charge in [0.25, 0.3) is 0 Å². The number of hydrogen-bond donors (Lipinski definition) is 0. The van der Waals surface area contributed by atoms with Gasteiger partial charge in [-0.3, -0.25) is 14.7 Å². The van der Waals surface area contributed by atoms with Crippen LogP contribution in [0.1, 0.15) is 29.8 Å². The average molecular weight is 476 g/mol. The monoisotopic (exact) mass is 475 g/mol. The second-order valence-corrected chi connectivity index (χ2v) is 8.14. The number of aromatic nitrogens is 2. The summed E-state index contributed by atoms with van der Waals surface area (Å²) in [6.07, 6.45) is 4.57. The maximum absolute atomic E-state index is 14.9. The van der Waals surface area contributed by atoms with Gasteiger partial charge in [-0.2, -0.15) is 5.26 Å². The van der Waals surface area contributed by atoms with E-state index in [4.69, 9.17) is 22.2 Å². The summed E-state index contributed by atoms with van der Waals surface area (Å²) in [5.41, 5.74) is 2.80. The van der Waals surface area contributed by atoms with Crippen molar-refractivity contribution in [3.8, 4) is 11.8 Å². The number of hydrogen-bond acceptors (Lipinski definition) is 6. The fourth-order valence-electron chi connectivity index (χ4n) is 3.70. The van der Waals surface area contributed by atoms with Crippen LogP contribution in [0.25, 0.3) is 0 Å². The van der Waals surface area contributed by atoms with E-state index in [0.717, 1.165) is 5.69 Å². The number of carbonyl (C=O) groups is 1. The van der Waals surface area contributed by atoms with Gasteiger partial charge in [0, 0.05) is 43.0 Å². The Morgan fingerprint density at radius 2 is 2.06 bits per heavy atom. The quantitative estimate of drug-likeness (QED) is 0.491. The third kappa shape index (κ3) is 5.02. The minimum Gasteiger partial charge on any atom is -0.490 e. The highest BCUT2D eigenvalue weighted by Gasteiger charge is 2.29. The van der Waals surface area contributed by atoms with Crippen molar-refractivity contribution >= 4 is 34.6 Å². The van der Waals surface area contributed by atoms with Gasteiger partial charge in [0.05, 0.1) is 18.5 Å². The van der Waals surface area contributed by atoms with Crippen LogP contribution >= 0.6 is 12.2 Å². The number of pyridine rings is 2. The third-order valence-electron chi connectivity index (χ3n) is 5.44. The number of benzene rings is 1. The molecule has 0 radical (unpaired) electrons. The third-order valence-corrected chi connectivity index (χ3v) is 5.84. The normalized spacial score (nSPS) is 14.0. The molecule has 0 unspecified atom stereocenters. The first-order chi connectivity index (χ1) is 16.5. The Hall–Kier alpha value is -3.90. The van der Waals surface area contributed by atoms with Crippen LogP contribution in [0.4, 0.5) is 15.8 Å². The Bertz CT molecular complexity index is 1260. The van der Waals surface area contributed by atoms with Crippen molar-refractivity contribution in [3.05, 3.63) is 77.6 Å². The van der Waals surface area contributed by atoms with Crippen molar-refractivity contribution in [2.75, 3.05) is 23.0 Å². The molecule has 0 spiro atoms. The number of nitriles is 1. The van der Waals surface area contributed by atoms with Crippen molar-refractivity contribution < 1.29 is 13.9 Å². The lowest BCUT2D eigenvalue weighted by atomic mass is 10.2. The largest absolute Gasteiger partial charge is 0.490 e. The molecule has 3 aromatic rings. The second kappa shape index (κ2) is 10.4. The lowest BCUT2D eigenvalue weighted by Crippen LogP contribution is -2.44. The van der Waals surface area contributed by atoms with Gasteiger partial charge < -0.3 is 9.64 Å². The van der Waals surface area contributed by atoms with Gasteiger partial charge in [-0.25, -0.2) is 9.37 Å². The molecule has 1 aliphatic heterocycles. The van der Waals surface area contributed by atoms with Crippen molar-refractivity contribution in [3.63, 3.8) is 0 Å². The zero-order valence-corrected chi connectivity index (χ0v) is 19.4. The van der Waals surface area contributed by atoms with E-state index in [1.807, 2.05) is 24.3 Å². The molecule has 2 aromatic heterocycles. The van der Waals surface area contributed by atoms with Crippen molar-refractivity contribution in [2.24, 2.45) is 0 Å². The Labute approximate surface area is 202 Å². The maximum Gasteiger partial charge on any atom is 0.233 e. The summed E-state index contributed by atoms with van der Waals surface area (Å²) in [5.74, 6) is -0.548. The maximum atomic E-state index is 14.9. The molecule has 4 rings (SSSR count). The molecule has 9 heteroatoms. The molecule has 1 aliphatic rings. The highest BCUT2D eigenvalue weighted by Crippen LogP contribution is 2.29. The molecule has 3 heterocycles. The first-order valence-corrected chi connectivity index (χ1v) is 11.2. The summed E-state index contributed by atoms with van der Waals surface area (Å²) < 4.78 is 20.5. The van der Waals surface area contributed by atoms with E-state index >= 15 is 0 Å². The van der Waals surface area contributed by atoms with Gasteiger partial charge in [-0.1, -0.05) is 6.07 Å². The van der Waals surface area contributed by atoms with E-state index in [2.05, 4.69) is 9.97 Å². The van der Waals surface area contributed by atoms with Gasteiger partial charge in [0.2, 0.25) is 5.91 Å². The Balaban J connectivity index is 1.53. The van der Waals surface area contributed by atoms with E-state index < -0.39 is 5.82 Å². The minimum absolute atomic E-state index is 0.139. The highest BCUT2D eigenvalue weighted by molar-refractivity contribution is 7.81. The molecule has 172 valence electrons. The summed E-state index contributed by atoms with van der Waals surface area (Å²) in [6, 6.07) is 14.0. The summed E-state index contributed by atoms with van der Waals surface area (Å²) in [4.78, 5) is 24.3. The molecular weight excluding hydrogens is 453 g/mol. The topological polar surface area (TPSA) is 82.3 Å². The van der Waals surface area contributed by atoms with Crippen LogP contribution in [-0.2, 0) is 11.2 Å². The number of carbonyl (C=O) groups excluding carboxylic acids is 1. The standard InChI is InChI=1S/C25H22FN5O2S/c1-17-13-20(16-29-22(17)15-27)31-24(32)6-4-11-30(25(31)34)19-7-8-23(21(26)14-19)33-12-9-18-5-2-3-10-28-18/h2-3,5,7-8,10,13-14,16H,4,6,9,11-12H2,1H3. The Morgan fingerprint density at radius 3 is 2.76 bits per heavy atom. The smallest absolute Gasteiger partial charge is 0.233 e. The van der Waals surface area contributed by atoms with Crippen LogP contribution in [-0.4, -0.2) is 34.1 Å². The van der Waals surface area contributed by atoms with Gasteiger partial charge in [-0.05, 0) is 61.5 Å². The molecule has 1 amide bonds. The summed E-state index contributed by atoms with van der Waals surface area (Å²) in [5, 5.41) is 9.38. The molecule has 1 aromatic carbocycles. The highest BCUT2D eigenvalue weighted by atomic mass is 32.1. The fraction of sp³-hybridized carbons (Fsp3) is 0.240. The molecule has 1 fully saturated rings. The minimum atomic E-state index is -0.515. The van der Waals surface area contributed by atoms with Crippen LogP contribution in [0.15, 0.2) is 54.9 Å². The molecule has 0 atom stereocenters. The molecular formula is C25H22FN5O2S. The van der Waals surface area contributed by atoms with Gasteiger partial charge in [0.1, 0.15) is 11.8 Å². The zero-order valence-electron chi connectivity index (χ0n) is 18.6. The number of halogens is 1. The van der Waals surface area contributed by atoms with Gasteiger partial charge in [0.15, 0.2) is 16.7 Å². The van der Waals surface area contributed by atoms with Crippen molar-refractivity contribution in [1.29, 1.82) is 5.26 Å². The predicted molar refractivity (Wildman–Crippen MR) is 130 cm³/mol. The number of nitrogens with zero attached hydrogens (tertiary/aromatic N) is 5. The average Bonchev–Trinajstić information content (AvgIpc) is 2.98. The molecule has 7 nitrogen and oxygen atoms in total. The van der Waals surface area contributed by atoms with Crippen LogP contribution in [0.5, 0.6) is 5.75 Å². The number of amides is 1. The number of ether oxygens (including phenoxy) is 1. The number of thiocarbonyl (C=S) groups is 1. The zero-order chi connectivity index (χ0) is 24.1. The molecule has 0 saturated carbocycles. The number of aryl methyl sites for hydroxylation is 1. The molecule has 34 heavy (non-hydrogen) atoms. The van der Waals surface area contributed by atoms with Crippen molar-refractivity contribution in [2.45, 2.75) is 26.2 Å². The van der Waals surface area contributed by atoms with Crippen LogP contribution in [0, 0.1) is 24.1 Å². The van der Waals surface area contributed by atoms with Crippen LogP contribution < -0.4 is 14.5 Å². The van der Waals surface area contributed by atoms with Gasteiger partial charge in [-0.15, -0.1) is 0 Å². The van der Waals surface area contributed by atoms with E-state index in [1.165, 1.54) is 17.2 Å². The summed E-state index contributed by atoms with van der Waals surface area (Å²) in [7, 11) is 0. The molecule has 0 aliphatic carbocycles. The Morgan fingerprint density at radius 1 is 1.21 bits per heavy atom. The lowest BCUT2D eigenvalue weighted by molar-refractivity contribution is -0.117. The number of rotatable bonds is 6. The van der Waals surface area contributed by atoms with E-state index in [0.29, 0.717) is 42.9 Å². The lowest BCUT2D eigenvalue weighted by Gasteiger charge is -2.29. The predicted octanol–water partition coefficient (Wildman–Crippen LogP) is 4.34. The molecule has 0 bridgehead atoms. The van der Waals surface area contributed by atoms with Gasteiger partial charge >= 0.3 is 0 Å². The van der Waals surface area contributed by atoms with E-state index in [1.54, 1.807) is 36.2 Å². The first kappa shape index (κ1) is 23.3. The second-order valence-electron chi connectivity index (χ2n) is 7.77.